The van der Waals surface area contributed by atoms with Crippen molar-refractivity contribution in [3.8, 4) is 0 Å². The number of aryl methyl sites for hydroxylation is 1. The molecule has 2 N–H and O–H groups in total. The van der Waals surface area contributed by atoms with Crippen molar-refractivity contribution in [2.24, 2.45) is 7.05 Å². The molecule has 0 aliphatic rings. The van der Waals surface area contributed by atoms with Crippen LogP contribution in [-0.2, 0) is 18.4 Å². The number of carbonyl (C=O) groups is 1. The molecule has 7 heteroatoms. The van der Waals surface area contributed by atoms with E-state index in [1.807, 2.05) is 0 Å². The van der Waals surface area contributed by atoms with Crippen molar-refractivity contribution < 1.29 is 13.9 Å². The van der Waals surface area contributed by atoms with Gasteiger partial charge in [-0.15, -0.1) is 10.2 Å². The van der Waals surface area contributed by atoms with Crippen molar-refractivity contribution in [2.45, 2.75) is 13.5 Å². The minimum Gasteiger partial charge on any atom is -0.454 e. The largest absolute Gasteiger partial charge is 0.454 e. The zero-order chi connectivity index (χ0) is 14.0. The Labute approximate surface area is 109 Å². The summed E-state index contributed by atoms with van der Waals surface area (Å²) in [5, 5.41) is 7.69. The number of benzene rings is 1. The second-order valence-electron chi connectivity index (χ2n) is 4.03. The molecule has 0 atom stereocenters. The van der Waals surface area contributed by atoms with E-state index in [4.69, 9.17) is 10.5 Å². The maximum atomic E-state index is 13.0. The number of hydrogen-bond acceptors (Lipinski definition) is 5. The van der Waals surface area contributed by atoms with Crippen LogP contribution in [0.2, 0.25) is 0 Å². The first-order valence-corrected chi connectivity index (χ1v) is 5.56. The molecule has 0 spiro atoms. The highest BCUT2D eigenvalue weighted by molar-refractivity contribution is 5.94. The van der Waals surface area contributed by atoms with Gasteiger partial charge in [-0.3, -0.25) is 0 Å². The Morgan fingerprint density at radius 3 is 2.84 bits per heavy atom. The molecular formula is C12H13FN4O2. The second kappa shape index (κ2) is 5.05. The number of carbonyl (C=O) groups excluding carboxylic acids is 1. The van der Waals surface area contributed by atoms with E-state index >= 15 is 0 Å². The molecule has 0 saturated carbocycles. The zero-order valence-corrected chi connectivity index (χ0v) is 10.6. The molecule has 100 valence electrons. The Bertz CT molecular complexity index is 624. The number of anilines is 1. The van der Waals surface area contributed by atoms with Gasteiger partial charge < -0.3 is 15.0 Å². The van der Waals surface area contributed by atoms with Crippen LogP contribution in [0.15, 0.2) is 18.2 Å². The fraction of sp³-hybridized carbons (Fsp3) is 0.250. The minimum absolute atomic E-state index is 0.00103. The zero-order valence-electron chi connectivity index (χ0n) is 10.6. The van der Waals surface area contributed by atoms with Crippen LogP contribution in [-0.4, -0.2) is 20.7 Å². The second-order valence-corrected chi connectivity index (χ2v) is 4.03. The predicted octanol–water partition coefficient (Wildman–Crippen LogP) is 1.20. The normalized spacial score (nSPS) is 10.5. The molecule has 0 amide bonds. The number of hydrogen-bond donors (Lipinski definition) is 1. The topological polar surface area (TPSA) is 83.0 Å². The summed E-state index contributed by atoms with van der Waals surface area (Å²) in [6.07, 6.45) is 0. The number of nitrogens with zero attached hydrogens (tertiary/aromatic N) is 3. The number of esters is 1. The first-order chi connectivity index (χ1) is 8.99. The molecule has 0 radical (unpaired) electrons. The Balaban J connectivity index is 2.09. The van der Waals surface area contributed by atoms with Crippen molar-refractivity contribution >= 4 is 11.7 Å². The molecule has 0 saturated heterocycles. The number of aromatic nitrogens is 3. The van der Waals surface area contributed by atoms with Crippen molar-refractivity contribution in [1.29, 1.82) is 0 Å². The summed E-state index contributed by atoms with van der Waals surface area (Å²) >= 11 is 0. The Kier molecular flexibility index (Phi) is 3.46. The molecule has 0 unspecified atom stereocenters. The van der Waals surface area contributed by atoms with Gasteiger partial charge in [0.2, 0.25) is 0 Å². The number of ether oxygens (including phenoxy) is 1. The number of nitrogens with two attached hydrogens (primary N) is 1. The molecular weight excluding hydrogens is 251 g/mol. The van der Waals surface area contributed by atoms with E-state index in [0.29, 0.717) is 11.6 Å². The average Bonchev–Trinajstić information content (AvgIpc) is 2.70. The molecule has 6 nitrogen and oxygen atoms in total. The number of nitrogen functional groups attached to an aromatic ring is 1. The fourth-order valence-corrected chi connectivity index (χ4v) is 1.49. The van der Waals surface area contributed by atoms with E-state index in [9.17, 15) is 9.18 Å². The third-order valence-corrected chi connectivity index (χ3v) is 2.75. The Morgan fingerprint density at radius 1 is 1.47 bits per heavy atom. The van der Waals surface area contributed by atoms with Gasteiger partial charge in [0.05, 0.1) is 5.56 Å². The van der Waals surface area contributed by atoms with Crippen LogP contribution >= 0.6 is 0 Å². The maximum Gasteiger partial charge on any atom is 0.340 e. The van der Waals surface area contributed by atoms with Gasteiger partial charge in [0.25, 0.3) is 0 Å². The van der Waals surface area contributed by atoms with Gasteiger partial charge in [-0.2, -0.15) is 0 Å². The summed E-state index contributed by atoms with van der Waals surface area (Å²) in [6.45, 7) is 1.73. The molecule has 2 rings (SSSR count). The van der Waals surface area contributed by atoms with Crippen LogP contribution in [0.25, 0.3) is 0 Å². The summed E-state index contributed by atoms with van der Waals surface area (Å²) < 4.78 is 19.8. The van der Waals surface area contributed by atoms with E-state index in [2.05, 4.69) is 10.2 Å². The van der Waals surface area contributed by atoms with Gasteiger partial charge in [-0.05, 0) is 25.1 Å². The first kappa shape index (κ1) is 13.0. The number of halogens is 1. The summed E-state index contributed by atoms with van der Waals surface area (Å²) in [6, 6.07) is 3.54. The van der Waals surface area contributed by atoms with Gasteiger partial charge in [-0.1, -0.05) is 0 Å². The monoisotopic (exact) mass is 264 g/mol. The lowest BCUT2D eigenvalue weighted by molar-refractivity contribution is 0.0459. The molecule has 2 aromatic rings. The Hall–Kier alpha value is -2.44. The van der Waals surface area contributed by atoms with Crippen molar-refractivity contribution in [2.75, 3.05) is 5.73 Å². The molecule has 0 fully saturated rings. The van der Waals surface area contributed by atoms with E-state index in [0.717, 1.165) is 6.07 Å². The van der Waals surface area contributed by atoms with E-state index in [1.54, 1.807) is 18.5 Å². The highest BCUT2D eigenvalue weighted by Gasteiger charge is 2.14. The van der Waals surface area contributed by atoms with E-state index in [1.165, 1.54) is 12.1 Å². The van der Waals surface area contributed by atoms with Gasteiger partial charge >= 0.3 is 5.97 Å². The molecule has 1 aromatic heterocycles. The summed E-state index contributed by atoms with van der Waals surface area (Å²) in [5.41, 5.74) is 5.76. The molecule has 19 heavy (non-hydrogen) atoms. The SMILES string of the molecule is Cc1nnc(COC(=O)c2cc(F)ccc2N)n1C. The molecule has 0 bridgehead atoms. The molecule has 0 aliphatic heterocycles. The van der Waals surface area contributed by atoms with Crippen molar-refractivity contribution in [1.82, 2.24) is 14.8 Å². The van der Waals surface area contributed by atoms with Crippen LogP contribution in [0.1, 0.15) is 22.0 Å². The van der Waals surface area contributed by atoms with Gasteiger partial charge in [0.15, 0.2) is 12.4 Å². The minimum atomic E-state index is -0.697. The predicted molar refractivity (Wildman–Crippen MR) is 65.7 cm³/mol. The maximum absolute atomic E-state index is 13.0. The van der Waals surface area contributed by atoms with Crippen LogP contribution < -0.4 is 5.73 Å². The molecule has 1 aromatic carbocycles. The van der Waals surface area contributed by atoms with E-state index < -0.39 is 11.8 Å². The third-order valence-electron chi connectivity index (χ3n) is 2.75. The summed E-state index contributed by atoms with van der Waals surface area (Å²) in [7, 11) is 1.76. The van der Waals surface area contributed by atoms with Gasteiger partial charge in [0.1, 0.15) is 11.6 Å². The fourth-order valence-electron chi connectivity index (χ4n) is 1.49. The van der Waals surface area contributed by atoms with Gasteiger partial charge in [0, 0.05) is 12.7 Å². The van der Waals surface area contributed by atoms with Crippen molar-refractivity contribution in [3.63, 3.8) is 0 Å². The lowest BCUT2D eigenvalue weighted by Crippen LogP contribution is -2.11. The third kappa shape index (κ3) is 2.70. The molecule has 1 heterocycles. The lowest BCUT2D eigenvalue weighted by atomic mass is 10.2. The first-order valence-electron chi connectivity index (χ1n) is 5.56. The average molecular weight is 264 g/mol. The van der Waals surface area contributed by atoms with Crippen LogP contribution in [0, 0.1) is 12.7 Å². The smallest absolute Gasteiger partial charge is 0.340 e. The van der Waals surface area contributed by atoms with Crippen LogP contribution in [0.4, 0.5) is 10.1 Å². The lowest BCUT2D eigenvalue weighted by Gasteiger charge is -2.07. The molecule has 0 aliphatic carbocycles. The van der Waals surface area contributed by atoms with Crippen molar-refractivity contribution in [3.05, 3.63) is 41.2 Å². The van der Waals surface area contributed by atoms with E-state index in [-0.39, 0.29) is 17.9 Å². The van der Waals surface area contributed by atoms with Gasteiger partial charge in [-0.25, -0.2) is 9.18 Å². The highest BCUT2D eigenvalue weighted by Crippen LogP contribution is 2.15. The number of rotatable bonds is 3. The summed E-state index contributed by atoms with van der Waals surface area (Å²) in [4.78, 5) is 11.8. The highest BCUT2D eigenvalue weighted by atomic mass is 19.1. The standard InChI is InChI=1S/C12H13FN4O2/c1-7-15-16-11(17(7)2)6-19-12(18)9-5-8(13)3-4-10(9)14/h3-5H,6,14H2,1-2H3. The summed E-state index contributed by atoms with van der Waals surface area (Å²) in [5.74, 6) is -0.0366. The Morgan fingerprint density at radius 2 is 2.21 bits per heavy atom. The van der Waals surface area contributed by atoms with Crippen LogP contribution in [0.3, 0.4) is 0 Å². The van der Waals surface area contributed by atoms with Crippen LogP contribution in [0.5, 0.6) is 0 Å². The quantitative estimate of drug-likeness (QED) is 0.665.